The Bertz CT molecular complexity index is 321. The number of aliphatic carboxylic acids is 1. The summed E-state index contributed by atoms with van der Waals surface area (Å²) < 4.78 is 0. The van der Waals surface area contributed by atoms with Gasteiger partial charge in [0.1, 0.15) is 0 Å². The molecule has 14 heavy (non-hydrogen) atoms. The first-order chi connectivity index (χ1) is 6.58. The van der Waals surface area contributed by atoms with Crippen LogP contribution in [0.4, 0.5) is 5.69 Å². The first-order valence-corrected chi connectivity index (χ1v) is 4.75. The van der Waals surface area contributed by atoms with Gasteiger partial charge in [0, 0.05) is 22.3 Å². The van der Waals surface area contributed by atoms with Gasteiger partial charge in [-0.25, -0.2) is 0 Å². The minimum atomic E-state index is -0.842. The van der Waals surface area contributed by atoms with Crippen molar-refractivity contribution in [3.05, 3.63) is 28.2 Å². The molecule has 1 aromatic rings. The number of hydrogen-bond donors (Lipinski definition) is 2. The summed E-state index contributed by atoms with van der Waals surface area (Å²) in [7, 11) is 0. The zero-order valence-corrected chi connectivity index (χ0v) is 8.77. The number of halogens is 2. The van der Waals surface area contributed by atoms with Gasteiger partial charge in [0.05, 0.1) is 6.42 Å². The van der Waals surface area contributed by atoms with Crippen molar-refractivity contribution in [3.63, 3.8) is 0 Å². The quantitative estimate of drug-likeness (QED) is 0.841. The smallest absolute Gasteiger partial charge is 0.305 e. The van der Waals surface area contributed by atoms with Crippen molar-refractivity contribution in [3.8, 4) is 0 Å². The van der Waals surface area contributed by atoms with E-state index >= 15 is 0 Å². The highest BCUT2D eigenvalue weighted by Crippen LogP contribution is 2.22. The molecule has 0 aliphatic heterocycles. The van der Waals surface area contributed by atoms with Crippen LogP contribution >= 0.6 is 23.2 Å². The molecule has 0 unspecified atom stereocenters. The number of rotatable bonds is 4. The van der Waals surface area contributed by atoms with Gasteiger partial charge in [-0.15, -0.1) is 0 Å². The molecule has 1 aromatic carbocycles. The Labute approximate surface area is 91.6 Å². The maximum Gasteiger partial charge on any atom is 0.305 e. The molecule has 0 bridgehead atoms. The Kier molecular flexibility index (Phi) is 4.04. The molecule has 0 aromatic heterocycles. The van der Waals surface area contributed by atoms with E-state index in [4.69, 9.17) is 28.3 Å². The average molecular weight is 234 g/mol. The van der Waals surface area contributed by atoms with Crippen molar-refractivity contribution >= 4 is 34.9 Å². The van der Waals surface area contributed by atoms with Crippen molar-refractivity contribution in [1.82, 2.24) is 0 Å². The molecular formula is C9H9Cl2NO2. The summed E-state index contributed by atoms with van der Waals surface area (Å²) in [4.78, 5) is 10.2. The van der Waals surface area contributed by atoms with Gasteiger partial charge in [-0.05, 0) is 18.2 Å². The van der Waals surface area contributed by atoms with Gasteiger partial charge in [0.15, 0.2) is 0 Å². The molecule has 0 spiro atoms. The molecule has 0 radical (unpaired) electrons. The van der Waals surface area contributed by atoms with Crippen molar-refractivity contribution in [2.45, 2.75) is 6.42 Å². The maximum atomic E-state index is 10.2. The first kappa shape index (κ1) is 11.1. The Hall–Kier alpha value is -0.930. The van der Waals surface area contributed by atoms with Crippen LogP contribution in [0.1, 0.15) is 6.42 Å². The van der Waals surface area contributed by atoms with E-state index in [9.17, 15) is 4.79 Å². The van der Waals surface area contributed by atoms with E-state index in [2.05, 4.69) is 5.32 Å². The van der Waals surface area contributed by atoms with Crippen molar-refractivity contribution in [1.29, 1.82) is 0 Å². The van der Waals surface area contributed by atoms with Crippen LogP contribution in [-0.2, 0) is 4.79 Å². The topological polar surface area (TPSA) is 49.3 Å². The third kappa shape index (κ3) is 3.85. The number of carbonyl (C=O) groups is 1. The fraction of sp³-hybridized carbons (Fsp3) is 0.222. The molecule has 76 valence electrons. The summed E-state index contributed by atoms with van der Waals surface area (Å²) in [6, 6.07) is 5.00. The second-order valence-electron chi connectivity index (χ2n) is 2.73. The fourth-order valence-corrected chi connectivity index (χ4v) is 1.50. The van der Waals surface area contributed by atoms with E-state index in [1.165, 1.54) is 0 Å². The average Bonchev–Trinajstić information content (AvgIpc) is 2.01. The zero-order chi connectivity index (χ0) is 10.6. The number of anilines is 1. The van der Waals surface area contributed by atoms with Crippen LogP contribution in [0.5, 0.6) is 0 Å². The van der Waals surface area contributed by atoms with Crippen LogP contribution in [0.2, 0.25) is 10.0 Å². The SMILES string of the molecule is O=C(O)CCNc1cc(Cl)cc(Cl)c1. The standard InChI is InChI=1S/C9H9Cl2NO2/c10-6-3-7(11)5-8(4-6)12-2-1-9(13)14/h3-5,12H,1-2H2,(H,13,14). The molecule has 0 aliphatic rings. The fourth-order valence-electron chi connectivity index (χ4n) is 0.970. The summed E-state index contributed by atoms with van der Waals surface area (Å²) >= 11 is 11.5. The zero-order valence-electron chi connectivity index (χ0n) is 7.26. The molecule has 1 rings (SSSR count). The molecule has 5 heteroatoms. The van der Waals surface area contributed by atoms with E-state index in [1.807, 2.05) is 0 Å². The number of hydrogen-bond acceptors (Lipinski definition) is 2. The van der Waals surface area contributed by atoms with Crippen LogP contribution in [0.3, 0.4) is 0 Å². The predicted octanol–water partition coefficient (Wildman–Crippen LogP) is 2.88. The second kappa shape index (κ2) is 5.08. The molecular weight excluding hydrogens is 225 g/mol. The lowest BCUT2D eigenvalue weighted by atomic mass is 10.3. The minimum absolute atomic E-state index is 0.0597. The van der Waals surface area contributed by atoms with Crippen LogP contribution in [0.15, 0.2) is 18.2 Å². The van der Waals surface area contributed by atoms with Gasteiger partial charge in [0.25, 0.3) is 0 Å². The largest absolute Gasteiger partial charge is 0.481 e. The third-order valence-electron chi connectivity index (χ3n) is 1.53. The summed E-state index contributed by atoms with van der Waals surface area (Å²) in [5, 5.41) is 12.4. The number of nitrogens with one attached hydrogen (secondary N) is 1. The van der Waals surface area contributed by atoms with Crippen LogP contribution < -0.4 is 5.32 Å². The highest BCUT2D eigenvalue weighted by Gasteiger charge is 1.99. The lowest BCUT2D eigenvalue weighted by Gasteiger charge is -2.05. The molecule has 3 nitrogen and oxygen atoms in total. The lowest BCUT2D eigenvalue weighted by Crippen LogP contribution is -2.07. The maximum absolute atomic E-state index is 10.2. The van der Waals surface area contributed by atoms with Gasteiger partial charge >= 0.3 is 5.97 Å². The Morgan fingerprint density at radius 3 is 2.36 bits per heavy atom. The highest BCUT2D eigenvalue weighted by atomic mass is 35.5. The second-order valence-corrected chi connectivity index (χ2v) is 3.60. The lowest BCUT2D eigenvalue weighted by molar-refractivity contribution is -0.136. The predicted molar refractivity (Wildman–Crippen MR) is 57.2 cm³/mol. The monoisotopic (exact) mass is 233 g/mol. The number of carboxylic acids is 1. The summed E-state index contributed by atoms with van der Waals surface area (Å²) in [6.45, 7) is 0.353. The van der Waals surface area contributed by atoms with Gasteiger partial charge in [-0.1, -0.05) is 23.2 Å². The van der Waals surface area contributed by atoms with E-state index in [0.717, 1.165) is 5.69 Å². The van der Waals surface area contributed by atoms with E-state index in [1.54, 1.807) is 18.2 Å². The van der Waals surface area contributed by atoms with Crippen molar-refractivity contribution in [2.24, 2.45) is 0 Å². The molecule has 0 aliphatic carbocycles. The van der Waals surface area contributed by atoms with E-state index in [0.29, 0.717) is 16.6 Å². The molecule has 0 atom stereocenters. The molecule has 0 heterocycles. The minimum Gasteiger partial charge on any atom is -0.481 e. The van der Waals surface area contributed by atoms with E-state index < -0.39 is 5.97 Å². The van der Waals surface area contributed by atoms with Crippen LogP contribution in [0.25, 0.3) is 0 Å². The molecule has 2 N–H and O–H groups in total. The Morgan fingerprint density at radius 1 is 1.29 bits per heavy atom. The van der Waals surface area contributed by atoms with Crippen molar-refractivity contribution in [2.75, 3.05) is 11.9 Å². The van der Waals surface area contributed by atoms with E-state index in [-0.39, 0.29) is 6.42 Å². The number of benzene rings is 1. The van der Waals surface area contributed by atoms with Gasteiger partial charge in [0.2, 0.25) is 0 Å². The first-order valence-electron chi connectivity index (χ1n) is 3.99. The summed E-state index contributed by atoms with van der Waals surface area (Å²) in [6.07, 6.45) is 0.0597. The summed E-state index contributed by atoms with van der Waals surface area (Å²) in [5.41, 5.74) is 0.726. The molecule has 0 saturated carbocycles. The third-order valence-corrected chi connectivity index (χ3v) is 1.97. The highest BCUT2D eigenvalue weighted by molar-refractivity contribution is 6.35. The van der Waals surface area contributed by atoms with Crippen LogP contribution in [-0.4, -0.2) is 17.6 Å². The van der Waals surface area contributed by atoms with Crippen LogP contribution in [0, 0.1) is 0 Å². The number of carboxylic acid groups (broad SMARTS) is 1. The Morgan fingerprint density at radius 2 is 1.86 bits per heavy atom. The van der Waals surface area contributed by atoms with Crippen molar-refractivity contribution < 1.29 is 9.90 Å². The summed E-state index contributed by atoms with van der Waals surface area (Å²) in [5.74, 6) is -0.842. The normalized spacial score (nSPS) is 9.86. The van der Waals surface area contributed by atoms with Gasteiger partial charge in [-0.2, -0.15) is 0 Å². The van der Waals surface area contributed by atoms with Gasteiger partial charge in [-0.3, -0.25) is 4.79 Å². The van der Waals surface area contributed by atoms with Gasteiger partial charge < -0.3 is 10.4 Å². The molecule has 0 fully saturated rings. The molecule has 0 amide bonds. The molecule has 0 saturated heterocycles. The Balaban J connectivity index is 2.54.